The van der Waals surface area contributed by atoms with Gasteiger partial charge in [0.1, 0.15) is 5.75 Å². The molecular formula is C19H27NO4. The van der Waals surface area contributed by atoms with Crippen molar-refractivity contribution in [1.29, 1.82) is 0 Å². The van der Waals surface area contributed by atoms with Gasteiger partial charge in [0.2, 0.25) is 0 Å². The van der Waals surface area contributed by atoms with Crippen LogP contribution in [0.15, 0.2) is 24.3 Å². The Labute approximate surface area is 143 Å². The third-order valence-corrected chi connectivity index (χ3v) is 4.50. The van der Waals surface area contributed by atoms with Gasteiger partial charge in [-0.1, -0.05) is 38.3 Å². The van der Waals surface area contributed by atoms with Crippen molar-refractivity contribution in [3.8, 4) is 5.75 Å². The van der Waals surface area contributed by atoms with E-state index in [9.17, 15) is 14.7 Å². The van der Waals surface area contributed by atoms with E-state index in [1.807, 2.05) is 12.1 Å². The quantitative estimate of drug-likeness (QED) is 0.610. The number of carboxylic acid groups (broad SMARTS) is 1. The molecule has 0 unspecified atom stereocenters. The van der Waals surface area contributed by atoms with Crippen molar-refractivity contribution in [1.82, 2.24) is 5.32 Å². The molecule has 2 rings (SSSR count). The van der Waals surface area contributed by atoms with Crippen molar-refractivity contribution in [2.75, 3.05) is 13.2 Å². The van der Waals surface area contributed by atoms with Crippen LogP contribution in [0.4, 0.5) is 0 Å². The molecule has 0 spiro atoms. The first-order valence-electron chi connectivity index (χ1n) is 8.77. The monoisotopic (exact) mass is 333 g/mol. The fourth-order valence-electron chi connectivity index (χ4n) is 2.69. The van der Waals surface area contributed by atoms with Gasteiger partial charge < -0.3 is 15.2 Å². The second-order valence-electron chi connectivity index (χ2n) is 6.61. The van der Waals surface area contributed by atoms with E-state index < -0.39 is 11.4 Å². The van der Waals surface area contributed by atoms with Crippen molar-refractivity contribution < 1.29 is 19.4 Å². The predicted molar refractivity (Wildman–Crippen MR) is 92.1 cm³/mol. The van der Waals surface area contributed by atoms with E-state index in [1.165, 1.54) is 12.8 Å². The van der Waals surface area contributed by atoms with Gasteiger partial charge in [-0.2, -0.15) is 0 Å². The Morgan fingerprint density at radius 1 is 1.17 bits per heavy atom. The van der Waals surface area contributed by atoms with Crippen LogP contribution in [0.5, 0.6) is 5.75 Å². The number of hydrogen-bond donors (Lipinski definition) is 2. The lowest BCUT2D eigenvalue weighted by Gasteiger charge is -2.11. The highest BCUT2D eigenvalue weighted by molar-refractivity contribution is 5.78. The molecule has 1 aromatic carbocycles. The summed E-state index contributed by atoms with van der Waals surface area (Å²) in [6.45, 7) is 2.86. The Kier molecular flexibility index (Phi) is 6.64. The molecule has 0 heterocycles. The number of carboxylic acids is 1. The van der Waals surface area contributed by atoms with Gasteiger partial charge in [0.15, 0.2) is 6.61 Å². The van der Waals surface area contributed by atoms with Crippen LogP contribution < -0.4 is 10.1 Å². The van der Waals surface area contributed by atoms with Crippen molar-refractivity contribution in [2.24, 2.45) is 5.41 Å². The third-order valence-electron chi connectivity index (χ3n) is 4.50. The molecule has 2 N–H and O–H groups in total. The molecule has 0 aliphatic heterocycles. The molecule has 5 nitrogen and oxygen atoms in total. The van der Waals surface area contributed by atoms with E-state index in [4.69, 9.17) is 4.74 Å². The largest absolute Gasteiger partial charge is 0.484 e. The summed E-state index contributed by atoms with van der Waals surface area (Å²) in [5.74, 6) is -0.197. The zero-order valence-electron chi connectivity index (χ0n) is 14.3. The fourth-order valence-corrected chi connectivity index (χ4v) is 2.69. The van der Waals surface area contributed by atoms with E-state index in [-0.39, 0.29) is 12.5 Å². The number of carbonyl (C=O) groups excluding carboxylic acids is 1. The summed E-state index contributed by atoms with van der Waals surface area (Å²) >= 11 is 0. The van der Waals surface area contributed by atoms with Crippen molar-refractivity contribution in [3.05, 3.63) is 29.8 Å². The molecule has 5 heteroatoms. The van der Waals surface area contributed by atoms with E-state index >= 15 is 0 Å². The average Bonchev–Trinajstić information content (AvgIpc) is 3.35. The predicted octanol–water partition coefficient (Wildman–Crippen LogP) is 3.17. The summed E-state index contributed by atoms with van der Waals surface area (Å²) in [7, 11) is 0. The maximum Gasteiger partial charge on any atom is 0.309 e. The van der Waals surface area contributed by atoms with Crippen LogP contribution in [0.3, 0.4) is 0 Å². The Hall–Kier alpha value is -2.04. The molecule has 0 saturated heterocycles. The SMILES string of the molecule is CCCCCCNC(=O)COc1ccc(CC2(C(=O)O)CC2)cc1. The first-order chi connectivity index (χ1) is 11.6. The number of rotatable bonds is 11. The van der Waals surface area contributed by atoms with Gasteiger partial charge >= 0.3 is 5.97 Å². The Morgan fingerprint density at radius 3 is 2.46 bits per heavy atom. The van der Waals surface area contributed by atoms with Crippen molar-refractivity contribution in [2.45, 2.75) is 51.9 Å². The van der Waals surface area contributed by atoms with Crippen LogP contribution in [0.2, 0.25) is 0 Å². The molecule has 0 aromatic heterocycles. The van der Waals surface area contributed by atoms with Gasteiger partial charge in [-0.25, -0.2) is 0 Å². The zero-order chi connectivity index (χ0) is 17.4. The van der Waals surface area contributed by atoms with Crippen LogP contribution in [0.25, 0.3) is 0 Å². The Morgan fingerprint density at radius 2 is 1.88 bits per heavy atom. The lowest BCUT2D eigenvalue weighted by Crippen LogP contribution is -2.29. The molecular weight excluding hydrogens is 306 g/mol. The lowest BCUT2D eigenvalue weighted by atomic mass is 9.97. The molecule has 24 heavy (non-hydrogen) atoms. The second kappa shape index (κ2) is 8.71. The highest BCUT2D eigenvalue weighted by Crippen LogP contribution is 2.48. The number of amides is 1. The first kappa shape index (κ1) is 18.3. The minimum Gasteiger partial charge on any atom is -0.484 e. The van der Waals surface area contributed by atoms with Crippen molar-refractivity contribution in [3.63, 3.8) is 0 Å². The van der Waals surface area contributed by atoms with Crippen LogP contribution >= 0.6 is 0 Å². The van der Waals surface area contributed by atoms with Crippen LogP contribution in [0, 0.1) is 5.41 Å². The van der Waals surface area contributed by atoms with E-state index in [0.717, 1.165) is 31.2 Å². The minimum atomic E-state index is -0.710. The molecule has 0 radical (unpaired) electrons. The molecule has 132 valence electrons. The number of unbranched alkanes of at least 4 members (excludes halogenated alkanes) is 3. The highest BCUT2D eigenvalue weighted by atomic mass is 16.5. The van der Waals surface area contributed by atoms with Crippen LogP contribution in [0.1, 0.15) is 51.0 Å². The summed E-state index contributed by atoms with van der Waals surface area (Å²) in [5.41, 5.74) is 0.433. The standard InChI is InChI=1S/C19H27NO4/c1-2-3-4-5-12-20-17(21)14-24-16-8-6-15(7-9-16)13-19(10-11-19)18(22)23/h6-9H,2-5,10-14H2,1H3,(H,20,21)(H,22,23). The Balaban J connectivity index is 1.68. The number of ether oxygens (including phenoxy) is 1. The normalized spacial score (nSPS) is 14.9. The fraction of sp³-hybridized carbons (Fsp3) is 0.579. The highest BCUT2D eigenvalue weighted by Gasteiger charge is 2.49. The maximum atomic E-state index is 11.7. The smallest absolute Gasteiger partial charge is 0.309 e. The second-order valence-corrected chi connectivity index (χ2v) is 6.61. The zero-order valence-corrected chi connectivity index (χ0v) is 14.3. The topological polar surface area (TPSA) is 75.6 Å². The molecule has 1 fully saturated rings. The summed E-state index contributed by atoms with van der Waals surface area (Å²) < 4.78 is 5.47. The minimum absolute atomic E-state index is 0.00614. The van der Waals surface area contributed by atoms with Gasteiger partial charge in [0.25, 0.3) is 5.91 Å². The van der Waals surface area contributed by atoms with Gasteiger partial charge in [0.05, 0.1) is 5.41 Å². The number of aliphatic carboxylic acids is 1. The van der Waals surface area contributed by atoms with Gasteiger partial charge in [-0.3, -0.25) is 9.59 Å². The molecule has 1 saturated carbocycles. The number of benzene rings is 1. The third kappa shape index (κ3) is 5.55. The molecule has 1 aromatic rings. The van der Waals surface area contributed by atoms with E-state index in [0.29, 0.717) is 18.7 Å². The summed E-state index contributed by atoms with van der Waals surface area (Å²) in [6, 6.07) is 7.34. The van der Waals surface area contributed by atoms with Gasteiger partial charge in [-0.05, 0) is 43.4 Å². The van der Waals surface area contributed by atoms with Crippen LogP contribution in [-0.2, 0) is 16.0 Å². The molecule has 1 amide bonds. The lowest BCUT2D eigenvalue weighted by molar-refractivity contribution is -0.143. The number of hydrogen-bond acceptors (Lipinski definition) is 3. The number of carbonyl (C=O) groups is 2. The van der Waals surface area contributed by atoms with Gasteiger partial charge in [0, 0.05) is 6.54 Å². The molecule has 0 atom stereocenters. The molecule has 0 bridgehead atoms. The maximum absolute atomic E-state index is 11.7. The first-order valence-corrected chi connectivity index (χ1v) is 8.77. The summed E-state index contributed by atoms with van der Waals surface area (Å²) in [4.78, 5) is 22.9. The van der Waals surface area contributed by atoms with Crippen LogP contribution in [-0.4, -0.2) is 30.1 Å². The average molecular weight is 333 g/mol. The van der Waals surface area contributed by atoms with Gasteiger partial charge in [-0.15, -0.1) is 0 Å². The molecule has 1 aliphatic carbocycles. The van der Waals surface area contributed by atoms with E-state index in [1.54, 1.807) is 12.1 Å². The summed E-state index contributed by atoms with van der Waals surface area (Å²) in [5, 5.41) is 12.1. The Bertz CT molecular complexity index is 549. The molecule has 1 aliphatic rings. The summed E-state index contributed by atoms with van der Waals surface area (Å²) in [6.07, 6.45) is 6.57. The number of nitrogens with one attached hydrogen (secondary N) is 1. The van der Waals surface area contributed by atoms with Crippen molar-refractivity contribution >= 4 is 11.9 Å². The van der Waals surface area contributed by atoms with E-state index in [2.05, 4.69) is 12.2 Å².